The Labute approximate surface area is 79.5 Å². The first kappa shape index (κ1) is 12.4. The molecule has 4 nitrogen and oxygen atoms in total. The highest BCUT2D eigenvalue weighted by molar-refractivity contribution is 5.76. The summed E-state index contributed by atoms with van der Waals surface area (Å²) in [5.41, 5.74) is 5.30. The van der Waals surface area contributed by atoms with Crippen LogP contribution in [0.3, 0.4) is 0 Å². The van der Waals surface area contributed by atoms with Crippen LogP contribution in [0.15, 0.2) is 0 Å². The number of carbonyl (C=O) groups excluding carboxylic acids is 1. The lowest BCUT2D eigenvalue weighted by Crippen LogP contribution is -2.36. The lowest BCUT2D eigenvalue weighted by molar-refractivity contribution is -0.122. The molecule has 0 fully saturated rings. The van der Waals surface area contributed by atoms with Crippen LogP contribution in [0.1, 0.15) is 32.6 Å². The topological polar surface area (TPSA) is 75.3 Å². The summed E-state index contributed by atoms with van der Waals surface area (Å²) in [5, 5.41) is 11.6. The van der Waals surface area contributed by atoms with E-state index in [1.807, 2.05) is 6.92 Å². The van der Waals surface area contributed by atoms with Crippen molar-refractivity contribution >= 4 is 5.91 Å². The molecule has 0 aromatic heterocycles. The molecule has 13 heavy (non-hydrogen) atoms. The molecule has 0 heterocycles. The van der Waals surface area contributed by atoms with Crippen LogP contribution >= 0.6 is 0 Å². The van der Waals surface area contributed by atoms with E-state index in [1.54, 1.807) is 0 Å². The Morgan fingerprint density at radius 3 is 2.69 bits per heavy atom. The van der Waals surface area contributed by atoms with Crippen LogP contribution in [-0.2, 0) is 4.79 Å². The largest absolute Gasteiger partial charge is 0.394 e. The predicted octanol–water partition coefficient (Wildman–Crippen LogP) is 0.00250. The molecule has 0 unspecified atom stereocenters. The van der Waals surface area contributed by atoms with Gasteiger partial charge in [-0.1, -0.05) is 6.92 Å². The van der Waals surface area contributed by atoms with Crippen molar-refractivity contribution in [1.29, 1.82) is 0 Å². The van der Waals surface area contributed by atoms with Crippen molar-refractivity contribution in [3.63, 3.8) is 0 Å². The molecule has 0 radical (unpaired) electrons. The molecule has 0 aliphatic rings. The summed E-state index contributed by atoms with van der Waals surface area (Å²) < 4.78 is 0. The maximum atomic E-state index is 11.2. The number of carbonyl (C=O) groups is 1. The molecule has 1 atom stereocenters. The highest BCUT2D eigenvalue weighted by Crippen LogP contribution is 1.95. The summed E-state index contributed by atoms with van der Waals surface area (Å²) in [6.45, 7) is 2.57. The van der Waals surface area contributed by atoms with E-state index in [0.29, 0.717) is 13.0 Å². The van der Waals surface area contributed by atoms with Crippen molar-refractivity contribution in [2.75, 3.05) is 13.2 Å². The Kier molecular flexibility index (Phi) is 7.63. The normalized spacial score (nSPS) is 12.5. The fraction of sp³-hybridized carbons (Fsp3) is 0.889. The van der Waals surface area contributed by atoms with E-state index >= 15 is 0 Å². The Morgan fingerprint density at radius 2 is 2.23 bits per heavy atom. The zero-order valence-electron chi connectivity index (χ0n) is 8.25. The van der Waals surface area contributed by atoms with Gasteiger partial charge in [-0.25, -0.2) is 0 Å². The Hall–Kier alpha value is -0.610. The number of hydrogen-bond acceptors (Lipinski definition) is 3. The maximum Gasteiger partial charge on any atom is 0.220 e. The van der Waals surface area contributed by atoms with E-state index in [0.717, 1.165) is 19.3 Å². The van der Waals surface area contributed by atoms with Crippen LogP contribution in [0.5, 0.6) is 0 Å². The Bertz CT molecular complexity index is 136. The van der Waals surface area contributed by atoms with Crippen LogP contribution in [0.25, 0.3) is 0 Å². The average molecular weight is 188 g/mol. The Morgan fingerprint density at radius 1 is 1.54 bits per heavy atom. The number of hydrogen-bond donors (Lipinski definition) is 3. The molecule has 0 saturated heterocycles. The molecular weight excluding hydrogens is 168 g/mol. The minimum atomic E-state index is -0.0922. The summed E-state index contributed by atoms with van der Waals surface area (Å²) in [7, 11) is 0. The van der Waals surface area contributed by atoms with Crippen LogP contribution < -0.4 is 11.1 Å². The van der Waals surface area contributed by atoms with Crippen LogP contribution in [0.2, 0.25) is 0 Å². The van der Waals surface area contributed by atoms with Gasteiger partial charge >= 0.3 is 0 Å². The van der Waals surface area contributed by atoms with Crippen LogP contribution in [0.4, 0.5) is 0 Å². The summed E-state index contributed by atoms with van der Waals surface area (Å²) in [6.07, 6.45) is 2.97. The van der Waals surface area contributed by atoms with Gasteiger partial charge in [-0.15, -0.1) is 0 Å². The molecule has 4 heteroatoms. The zero-order valence-corrected chi connectivity index (χ0v) is 8.25. The summed E-state index contributed by atoms with van der Waals surface area (Å²) in [6, 6.07) is -0.0922. The number of unbranched alkanes of at least 4 members (excludes halogenated alkanes) is 1. The molecule has 0 bridgehead atoms. The number of aliphatic hydroxyl groups excluding tert-OH is 1. The van der Waals surface area contributed by atoms with Gasteiger partial charge in [0.25, 0.3) is 0 Å². The van der Waals surface area contributed by atoms with Gasteiger partial charge in [0.1, 0.15) is 0 Å². The van der Waals surface area contributed by atoms with Crippen molar-refractivity contribution in [2.45, 2.75) is 38.6 Å². The van der Waals surface area contributed by atoms with Crippen molar-refractivity contribution in [3.05, 3.63) is 0 Å². The molecule has 0 rings (SSSR count). The third-order valence-corrected chi connectivity index (χ3v) is 1.94. The van der Waals surface area contributed by atoms with Crippen molar-refractivity contribution < 1.29 is 9.90 Å². The number of rotatable bonds is 7. The number of nitrogens with two attached hydrogens (primary N) is 1. The molecule has 0 aromatic rings. The first-order valence-corrected chi connectivity index (χ1v) is 4.84. The summed E-state index contributed by atoms with van der Waals surface area (Å²) >= 11 is 0. The molecule has 78 valence electrons. The highest BCUT2D eigenvalue weighted by atomic mass is 16.3. The minimum absolute atomic E-state index is 0.00866. The lowest BCUT2D eigenvalue weighted by Gasteiger charge is -2.13. The summed E-state index contributed by atoms with van der Waals surface area (Å²) in [4.78, 5) is 11.2. The molecular formula is C9H20N2O2. The third kappa shape index (κ3) is 6.54. The molecule has 0 aliphatic heterocycles. The minimum Gasteiger partial charge on any atom is -0.394 e. The van der Waals surface area contributed by atoms with Crippen molar-refractivity contribution in [3.8, 4) is 0 Å². The fourth-order valence-electron chi connectivity index (χ4n) is 1.01. The van der Waals surface area contributed by atoms with Gasteiger partial charge < -0.3 is 16.2 Å². The number of amides is 1. The molecule has 0 aliphatic carbocycles. The van der Waals surface area contributed by atoms with Crippen molar-refractivity contribution in [1.82, 2.24) is 5.32 Å². The van der Waals surface area contributed by atoms with E-state index < -0.39 is 0 Å². The fourth-order valence-corrected chi connectivity index (χ4v) is 1.01. The molecule has 0 aromatic carbocycles. The van der Waals surface area contributed by atoms with Gasteiger partial charge in [-0.3, -0.25) is 4.79 Å². The van der Waals surface area contributed by atoms with E-state index in [4.69, 9.17) is 10.8 Å². The van der Waals surface area contributed by atoms with Gasteiger partial charge in [0.2, 0.25) is 5.91 Å². The first-order valence-electron chi connectivity index (χ1n) is 4.84. The average Bonchev–Trinajstić information content (AvgIpc) is 2.14. The van der Waals surface area contributed by atoms with Gasteiger partial charge in [-0.05, 0) is 25.8 Å². The first-order chi connectivity index (χ1) is 6.24. The Balaban J connectivity index is 3.48. The van der Waals surface area contributed by atoms with Crippen LogP contribution in [-0.4, -0.2) is 30.2 Å². The third-order valence-electron chi connectivity index (χ3n) is 1.94. The second kappa shape index (κ2) is 8.01. The maximum absolute atomic E-state index is 11.2. The molecule has 1 amide bonds. The number of nitrogens with one attached hydrogen (secondary N) is 1. The van der Waals surface area contributed by atoms with Gasteiger partial charge in [-0.2, -0.15) is 0 Å². The lowest BCUT2D eigenvalue weighted by atomic mass is 10.2. The quantitative estimate of drug-likeness (QED) is 0.492. The van der Waals surface area contributed by atoms with E-state index in [9.17, 15) is 4.79 Å². The molecule has 0 saturated carbocycles. The van der Waals surface area contributed by atoms with Crippen LogP contribution in [0, 0.1) is 0 Å². The summed E-state index contributed by atoms with van der Waals surface area (Å²) in [5.74, 6) is 0.00866. The molecule has 0 spiro atoms. The van der Waals surface area contributed by atoms with E-state index in [1.165, 1.54) is 0 Å². The van der Waals surface area contributed by atoms with Gasteiger partial charge in [0.05, 0.1) is 12.6 Å². The standard InChI is InChI=1S/C9H20N2O2/c1-2-8(7-12)11-9(13)5-3-4-6-10/h8,12H,2-7,10H2,1H3,(H,11,13)/t8-/m1/s1. The zero-order chi connectivity index (χ0) is 10.1. The highest BCUT2D eigenvalue weighted by Gasteiger charge is 2.07. The van der Waals surface area contributed by atoms with Crippen molar-refractivity contribution in [2.24, 2.45) is 5.73 Å². The molecule has 4 N–H and O–H groups in total. The van der Waals surface area contributed by atoms with E-state index in [2.05, 4.69) is 5.32 Å². The number of aliphatic hydroxyl groups is 1. The monoisotopic (exact) mass is 188 g/mol. The SMILES string of the molecule is CC[C@H](CO)NC(=O)CCCCN. The van der Waals surface area contributed by atoms with E-state index in [-0.39, 0.29) is 18.6 Å². The second-order valence-electron chi connectivity index (χ2n) is 3.10. The van der Waals surface area contributed by atoms with Gasteiger partial charge in [0, 0.05) is 6.42 Å². The second-order valence-corrected chi connectivity index (χ2v) is 3.10. The smallest absolute Gasteiger partial charge is 0.220 e. The predicted molar refractivity (Wildman–Crippen MR) is 52.2 cm³/mol. The van der Waals surface area contributed by atoms with Gasteiger partial charge in [0.15, 0.2) is 0 Å².